The minimum absolute atomic E-state index is 0.0834. The predicted molar refractivity (Wildman–Crippen MR) is 101 cm³/mol. The lowest BCUT2D eigenvalue weighted by Crippen LogP contribution is -2.13. The molecule has 0 fully saturated rings. The van der Waals surface area contributed by atoms with Crippen LogP contribution in [0.4, 0.5) is 0 Å². The molecule has 2 aromatic heterocycles. The van der Waals surface area contributed by atoms with Crippen LogP contribution in [-0.4, -0.2) is 17.0 Å². The van der Waals surface area contributed by atoms with Crippen LogP contribution < -0.4 is 10.4 Å². The van der Waals surface area contributed by atoms with Crippen molar-refractivity contribution >= 4 is 16.8 Å². The molecule has 2 heterocycles. The van der Waals surface area contributed by atoms with E-state index in [2.05, 4.69) is 6.58 Å². The Bertz CT molecular complexity index is 1060. The average Bonchev–Trinajstić information content (AvgIpc) is 2.88. The van der Waals surface area contributed by atoms with Crippen LogP contribution in [0.3, 0.4) is 0 Å². The minimum atomic E-state index is -0.405. The van der Waals surface area contributed by atoms with Crippen molar-refractivity contribution in [1.82, 2.24) is 4.57 Å². The van der Waals surface area contributed by atoms with E-state index < -0.39 is 5.63 Å². The van der Waals surface area contributed by atoms with Gasteiger partial charge in [-0.15, -0.1) is 6.58 Å². The number of hydrogen-bond donors (Lipinski definition) is 0. The van der Waals surface area contributed by atoms with Crippen molar-refractivity contribution in [3.8, 4) is 5.75 Å². The Morgan fingerprint density at radius 2 is 2.00 bits per heavy atom. The van der Waals surface area contributed by atoms with Crippen molar-refractivity contribution < 1.29 is 13.9 Å². The smallest absolute Gasteiger partial charge is 0.336 e. The van der Waals surface area contributed by atoms with Gasteiger partial charge in [-0.3, -0.25) is 4.79 Å². The molecule has 0 saturated heterocycles. The first-order valence-electron chi connectivity index (χ1n) is 8.39. The van der Waals surface area contributed by atoms with Gasteiger partial charge in [-0.05, 0) is 44.5 Å². The number of rotatable bonds is 6. The molecule has 5 heteroatoms. The van der Waals surface area contributed by atoms with Crippen LogP contribution in [0, 0.1) is 20.8 Å². The van der Waals surface area contributed by atoms with Crippen LogP contribution in [-0.2, 0) is 6.54 Å². The Balaban J connectivity index is 1.80. The fraction of sp³-hybridized carbons (Fsp3) is 0.238. The molecule has 0 bridgehead atoms. The fourth-order valence-corrected chi connectivity index (χ4v) is 3.12. The largest absolute Gasteiger partial charge is 0.485 e. The number of aryl methyl sites for hydroxylation is 2. The first kappa shape index (κ1) is 17.7. The molecule has 0 spiro atoms. The van der Waals surface area contributed by atoms with Gasteiger partial charge in [0.15, 0.2) is 6.61 Å². The number of ether oxygens (including phenoxy) is 1. The number of ketones is 1. The number of carbonyl (C=O) groups is 1. The molecule has 3 aromatic rings. The maximum absolute atomic E-state index is 12.5. The van der Waals surface area contributed by atoms with Gasteiger partial charge in [0.1, 0.15) is 11.3 Å². The Morgan fingerprint density at radius 1 is 1.23 bits per heavy atom. The summed E-state index contributed by atoms with van der Waals surface area (Å²) < 4.78 is 12.9. The SMILES string of the molecule is C=CCn1c(C)cc(C(=O)COc2ccc3c(C)cc(=O)oc3c2)c1C. The quantitative estimate of drug-likeness (QED) is 0.383. The maximum Gasteiger partial charge on any atom is 0.336 e. The minimum Gasteiger partial charge on any atom is -0.485 e. The zero-order valence-electron chi connectivity index (χ0n) is 15.2. The molecule has 0 aliphatic heterocycles. The third-order valence-corrected chi connectivity index (χ3v) is 4.48. The molecule has 0 radical (unpaired) electrons. The molecule has 1 aromatic carbocycles. The molecule has 26 heavy (non-hydrogen) atoms. The lowest BCUT2D eigenvalue weighted by Gasteiger charge is -2.08. The molecule has 134 valence electrons. The molecule has 0 saturated carbocycles. The van der Waals surface area contributed by atoms with Gasteiger partial charge < -0.3 is 13.7 Å². The molecule has 0 N–H and O–H groups in total. The number of nitrogens with zero attached hydrogens (tertiary/aromatic N) is 1. The van der Waals surface area contributed by atoms with Gasteiger partial charge in [-0.25, -0.2) is 4.79 Å². The second kappa shape index (κ2) is 7.04. The summed E-state index contributed by atoms with van der Waals surface area (Å²) in [6, 6.07) is 8.55. The van der Waals surface area contributed by atoms with E-state index in [0.29, 0.717) is 23.4 Å². The predicted octanol–water partition coefficient (Wildman–Crippen LogP) is 3.97. The van der Waals surface area contributed by atoms with E-state index in [1.165, 1.54) is 6.07 Å². The standard InChI is InChI=1S/C21H21NO4/c1-5-8-22-14(3)10-18(15(22)4)19(23)12-25-16-6-7-17-13(2)9-21(24)26-20(17)11-16/h5-7,9-11H,1,8,12H2,2-4H3. The van der Waals surface area contributed by atoms with Crippen molar-refractivity contribution in [1.29, 1.82) is 0 Å². The molecule has 0 atom stereocenters. The van der Waals surface area contributed by atoms with Gasteiger partial charge in [0.05, 0.1) is 0 Å². The number of carbonyl (C=O) groups excluding carboxylic acids is 1. The highest BCUT2D eigenvalue weighted by atomic mass is 16.5. The summed E-state index contributed by atoms with van der Waals surface area (Å²) in [7, 11) is 0. The van der Waals surface area contributed by atoms with Crippen LogP contribution in [0.25, 0.3) is 11.0 Å². The monoisotopic (exact) mass is 351 g/mol. The Hall–Kier alpha value is -3.08. The normalized spacial score (nSPS) is 10.9. The molecule has 0 amide bonds. The third kappa shape index (κ3) is 3.33. The van der Waals surface area contributed by atoms with Crippen molar-refractivity contribution in [2.24, 2.45) is 0 Å². The Kier molecular flexibility index (Phi) is 4.80. The molecule has 0 aliphatic carbocycles. The summed E-state index contributed by atoms with van der Waals surface area (Å²) in [4.78, 5) is 24.1. The van der Waals surface area contributed by atoms with Crippen molar-refractivity contribution in [3.63, 3.8) is 0 Å². The van der Waals surface area contributed by atoms with Gasteiger partial charge in [-0.2, -0.15) is 0 Å². The second-order valence-corrected chi connectivity index (χ2v) is 6.30. The number of fused-ring (bicyclic) bond motifs is 1. The molecule has 5 nitrogen and oxygen atoms in total. The number of hydrogen-bond acceptors (Lipinski definition) is 4. The lowest BCUT2D eigenvalue weighted by atomic mass is 10.1. The van der Waals surface area contributed by atoms with Crippen LogP contribution in [0.15, 0.2) is 52.2 Å². The maximum atomic E-state index is 12.5. The number of aromatic nitrogens is 1. The van der Waals surface area contributed by atoms with E-state index in [1.807, 2.05) is 37.5 Å². The van der Waals surface area contributed by atoms with Crippen LogP contribution >= 0.6 is 0 Å². The summed E-state index contributed by atoms with van der Waals surface area (Å²) in [5.41, 5.74) is 3.44. The molecule has 0 unspecified atom stereocenters. The van der Waals surface area contributed by atoms with Crippen LogP contribution in [0.5, 0.6) is 5.75 Å². The molecular weight excluding hydrogens is 330 g/mol. The zero-order chi connectivity index (χ0) is 18.8. The molecule has 0 aliphatic rings. The Morgan fingerprint density at radius 3 is 2.73 bits per heavy atom. The summed E-state index contributed by atoms with van der Waals surface area (Å²) in [6.45, 7) is 10.0. The highest BCUT2D eigenvalue weighted by molar-refractivity contribution is 5.98. The Labute approximate surface area is 151 Å². The van der Waals surface area contributed by atoms with Gasteiger partial charge in [0.2, 0.25) is 5.78 Å². The highest BCUT2D eigenvalue weighted by Crippen LogP contribution is 2.23. The van der Waals surface area contributed by atoms with E-state index in [1.54, 1.807) is 18.2 Å². The zero-order valence-corrected chi connectivity index (χ0v) is 15.2. The van der Waals surface area contributed by atoms with Crippen molar-refractivity contribution in [2.75, 3.05) is 6.61 Å². The van der Waals surface area contributed by atoms with Crippen molar-refractivity contribution in [2.45, 2.75) is 27.3 Å². The number of Topliss-reactive ketones (excluding diaryl/α,β-unsaturated/α-hetero) is 1. The van der Waals surface area contributed by atoms with E-state index in [9.17, 15) is 9.59 Å². The van der Waals surface area contributed by atoms with Gasteiger partial charge in [-0.1, -0.05) is 6.08 Å². The van der Waals surface area contributed by atoms with Gasteiger partial charge >= 0.3 is 5.63 Å². The summed E-state index contributed by atoms with van der Waals surface area (Å²) >= 11 is 0. The topological polar surface area (TPSA) is 61.4 Å². The second-order valence-electron chi connectivity index (χ2n) is 6.30. The summed E-state index contributed by atoms with van der Waals surface area (Å²) in [5, 5.41) is 0.844. The lowest BCUT2D eigenvalue weighted by molar-refractivity contribution is 0.0921. The van der Waals surface area contributed by atoms with E-state index in [4.69, 9.17) is 9.15 Å². The summed E-state index contributed by atoms with van der Waals surface area (Å²) in [5.74, 6) is 0.388. The summed E-state index contributed by atoms with van der Waals surface area (Å²) in [6.07, 6.45) is 1.80. The highest BCUT2D eigenvalue weighted by Gasteiger charge is 2.16. The fourth-order valence-electron chi connectivity index (χ4n) is 3.12. The van der Waals surface area contributed by atoms with Crippen LogP contribution in [0.2, 0.25) is 0 Å². The number of allylic oxidation sites excluding steroid dienone is 1. The van der Waals surface area contributed by atoms with E-state index >= 15 is 0 Å². The first-order chi connectivity index (χ1) is 12.4. The van der Waals surface area contributed by atoms with Crippen molar-refractivity contribution in [3.05, 3.63) is 75.9 Å². The van der Waals surface area contributed by atoms with Crippen LogP contribution in [0.1, 0.15) is 27.3 Å². The molecular formula is C21H21NO4. The average molecular weight is 351 g/mol. The van der Waals surface area contributed by atoms with E-state index in [-0.39, 0.29) is 12.4 Å². The van der Waals surface area contributed by atoms with E-state index in [0.717, 1.165) is 22.3 Å². The third-order valence-electron chi connectivity index (χ3n) is 4.48. The number of benzene rings is 1. The van der Waals surface area contributed by atoms with Gasteiger partial charge in [0, 0.05) is 41.0 Å². The first-order valence-corrected chi connectivity index (χ1v) is 8.39. The van der Waals surface area contributed by atoms with Gasteiger partial charge in [0.25, 0.3) is 0 Å². The molecule has 3 rings (SSSR count).